The van der Waals surface area contributed by atoms with Gasteiger partial charge in [-0.1, -0.05) is 30.3 Å². The fraction of sp³-hybridized carbons (Fsp3) is 0.238. The lowest BCUT2D eigenvalue weighted by molar-refractivity contribution is -0.153. The van der Waals surface area contributed by atoms with Crippen LogP contribution in [0.5, 0.6) is 0 Å². The molecule has 2 N–H and O–H groups in total. The molecule has 0 aliphatic rings. The van der Waals surface area contributed by atoms with Crippen molar-refractivity contribution in [2.45, 2.75) is 32.4 Å². The highest BCUT2D eigenvalue weighted by atomic mass is 16.5. The largest absolute Gasteiger partial charge is 0.452 e. The zero-order valence-corrected chi connectivity index (χ0v) is 15.6. The summed E-state index contributed by atoms with van der Waals surface area (Å²) in [5.74, 6) is -1.37. The molecule has 2 aromatic rings. The molecule has 2 aromatic carbocycles. The first-order valence-corrected chi connectivity index (χ1v) is 8.71. The maximum absolute atomic E-state index is 12.3. The van der Waals surface area contributed by atoms with Gasteiger partial charge in [0.1, 0.15) is 0 Å². The van der Waals surface area contributed by atoms with Gasteiger partial charge in [-0.3, -0.25) is 14.4 Å². The monoisotopic (exact) mass is 379 g/mol. The molecule has 0 unspecified atom stereocenters. The molecule has 144 valence electrons. The molecule has 0 saturated heterocycles. The van der Waals surface area contributed by atoms with Crippen molar-refractivity contribution in [3.8, 4) is 6.07 Å². The molecule has 0 saturated carbocycles. The summed E-state index contributed by atoms with van der Waals surface area (Å²) in [4.78, 5) is 35.9. The Hall–Kier alpha value is -3.66. The van der Waals surface area contributed by atoms with E-state index in [0.717, 1.165) is 5.56 Å². The van der Waals surface area contributed by atoms with Crippen LogP contribution in [0.3, 0.4) is 0 Å². The lowest BCUT2D eigenvalue weighted by atomic mass is 10.0. The van der Waals surface area contributed by atoms with Crippen molar-refractivity contribution in [1.82, 2.24) is 5.32 Å². The topological polar surface area (TPSA) is 108 Å². The summed E-state index contributed by atoms with van der Waals surface area (Å²) in [5, 5.41) is 14.1. The lowest BCUT2D eigenvalue weighted by Gasteiger charge is -2.19. The number of rotatable bonds is 7. The van der Waals surface area contributed by atoms with Crippen LogP contribution >= 0.6 is 0 Å². The predicted octanol–water partition coefficient (Wildman–Crippen LogP) is 2.70. The van der Waals surface area contributed by atoms with E-state index in [2.05, 4.69) is 10.6 Å². The first kappa shape index (κ1) is 20.6. The van der Waals surface area contributed by atoms with E-state index < -0.39 is 24.0 Å². The van der Waals surface area contributed by atoms with Crippen molar-refractivity contribution in [3.05, 3.63) is 65.7 Å². The molecule has 0 spiro atoms. The number of nitrogens with one attached hydrogen (secondary N) is 2. The highest BCUT2D eigenvalue weighted by molar-refractivity contribution is 5.95. The fourth-order valence-electron chi connectivity index (χ4n) is 2.52. The molecule has 0 aliphatic heterocycles. The Kier molecular flexibility index (Phi) is 7.28. The van der Waals surface area contributed by atoms with Crippen LogP contribution in [0.2, 0.25) is 0 Å². The summed E-state index contributed by atoms with van der Waals surface area (Å²) in [5.41, 5.74) is 1.74. The number of ether oxygens (including phenoxy) is 1. The summed E-state index contributed by atoms with van der Waals surface area (Å²) < 4.78 is 5.21. The Morgan fingerprint density at radius 2 is 1.71 bits per heavy atom. The number of esters is 1. The molecule has 0 heterocycles. The lowest BCUT2D eigenvalue weighted by Crippen LogP contribution is -2.33. The number of hydrogen-bond donors (Lipinski definition) is 2. The number of carbonyl (C=O) groups is 3. The number of anilines is 1. The number of benzene rings is 2. The first-order valence-electron chi connectivity index (χ1n) is 8.71. The maximum Gasteiger partial charge on any atom is 0.309 e. The number of carbonyl (C=O) groups excluding carboxylic acids is 3. The average Bonchev–Trinajstić information content (AvgIpc) is 2.68. The van der Waals surface area contributed by atoms with E-state index >= 15 is 0 Å². The third-order valence-electron chi connectivity index (χ3n) is 3.91. The quantitative estimate of drug-likeness (QED) is 0.719. The van der Waals surface area contributed by atoms with E-state index in [1.807, 2.05) is 24.3 Å². The molecule has 28 heavy (non-hydrogen) atoms. The van der Waals surface area contributed by atoms with Gasteiger partial charge in [0.2, 0.25) is 5.91 Å². The molecular formula is C21H21N3O4. The van der Waals surface area contributed by atoms with Crippen molar-refractivity contribution in [2.75, 3.05) is 5.32 Å². The van der Waals surface area contributed by atoms with Gasteiger partial charge in [0.15, 0.2) is 6.10 Å². The molecule has 2 rings (SSSR count). The van der Waals surface area contributed by atoms with Gasteiger partial charge in [0, 0.05) is 12.6 Å². The predicted molar refractivity (Wildman–Crippen MR) is 103 cm³/mol. The van der Waals surface area contributed by atoms with E-state index in [-0.39, 0.29) is 12.3 Å². The van der Waals surface area contributed by atoms with Crippen molar-refractivity contribution < 1.29 is 19.1 Å². The van der Waals surface area contributed by atoms with Gasteiger partial charge < -0.3 is 15.4 Å². The Morgan fingerprint density at radius 3 is 2.29 bits per heavy atom. The van der Waals surface area contributed by atoms with Gasteiger partial charge in [0.05, 0.1) is 24.1 Å². The molecule has 7 heteroatoms. The summed E-state index contributed by atoms with van der Waals surface area (Å²) >= 11 is 0. The second kappa shape index (κ2) is 9.88. The highest BCUT2D eigenvalue weighted by Crippen LogP contribution is 2.18. The van der Waals surface area contributed by atoms with Crippen LogP contribution in [0.4, 0.5) is 5.69 Å². The van der Waals surface area contributed by atoms with Gasteiger partial charge in [-0.2, -0.15) is 5.26 Å². The molecule has 2 amide bonds. The van der Waals surface area contributed by atoms with Crippen molar-refractivity contribution in [3.63, 3.8) is 0 Å². The maximum atomic E-state index is 12.3. The minimum Gasteiger partial charge on any atom is -0.452 e. The minimum atomic E-state index is -1.02. The van der Waals surface area contributed by atoms with Crippen molar-refractivity contribution in [2.24, 2.45) is 0 Å². The number of amides is 2. The summed E-state index contributed by atoms with van der Waals surface area (Å²) in [6.07, 6.45) is -1.12. The van der Waals surface area contributed by atoms with Crippen LogP contribution < -0.4 is 10.6 Å². The first-order chi connectivity index (χ1) is 13.4. The molecular weight excluding hydrogens is 358 g/mol. The van der Waals surface area contributed by atoms with Gasteiger partial charge in [-0.15, -0.1) is 0 Å². The van der Waals surface area contributed by atoms with Gasteiger partial charge in [0.25, 0.3) is 5.91 Å². The molecule has 0 radical (unpaired) electrons. The van der Waals surface area contributed by atoms with Crippen LogP contribution in [0.25, 0.3) is 0 Å². The third kappa shape index (κ3) is 6.25. The zero-order valence-electron chi connectivity index (χ0n) is 15.6. The fourth-order valence-corrected chi connectivity index (χ4v) is 2.52. The summed E-state index contributed by atoms with van der Waals surface area (Å²) in [6.45, 7) is 2.84. The standard InChI is InChI=1S/C21H21N3O4/c1-14(21(27)24-18-10-8-16(13-22)9-11-18)28-20(26)12-19(23-15(2)25)17-6-4-3-5-7-17/h3-11,14,19H,12H2,1-2H3,(H,23,25)(H,24,27)/t14-,19-/m1/s1. The van der Waals surface area contributed by atoms with Crippen molar-refractivity contribution in [1.29, 1.82) is 5.26 Å². The van der Waals surface area contributed by atoms with Crippen molar-refractivity contribution >= 4 is 23.5 Å². The second-order valence-corrected chi connectivity index (χ2v) is 6.18. The SMILES string of the molecule is CC(=O)N[C@H](CC(=O)O[C@H](C)C(=O)Nc1ccc(C#N)cc1)c1ccccc1. The molecule has 7 nitrogen and oxygen atoms in total. The molecule has 0 aromatic heterocycles. The van der Waals surface area contributed by atoms with E-state index in [1.165, 1.54) is 13.8 Å². The van der Waals surface area contributed by atoms with Gasteiger partial charge in [-0.25, -0.2) is 0 Å². The molecule has 0 aliphatic carbocycles. The molecule has 2 atom stereocenters. The van der Waals surface area contributed by atoms with E-state index in [1.54, 1.807) is 36.4 Å². The normalized spacial score (nSPS) is 12.2. The Morgan fingerprint density at radius 1 is 1.07 bits per heavy atom. The van der Waals surface area contributed by atoms with E-state index in [4.69, 9.17) is 10.00 Å². The second-order valence-electron chi connectivity index (χ2n) is 6.18. The Bertz CT molecular complexity index is 873. The number of nitrogens with zero attached hydrogens (tertiary/aromatic N) is 1. The summed E-state index contributed by atoms with van der Waals surface area (Å²) in [6, 6.07) is 16.8. The van der Waals surface area contributed by atoms with Crippen LogP contribution in [0.1, 0.15) is 37.4 Å². The molecule has 0 bridgehead atoms. The minimum absolute atomic E-state index is 0.0991. The molecule has 0 fully saturated rings. The van der Waals surface area contributed by atoms with Gasteiger partial charge in [-0.05, 0) is 36.8 Å². The third-order valence-corrected chi connectivity index (χ3v) is 3.91. The van der Waals surface area contributed by atoms with Crippen LogP contribution in [0, 0.1) is 11.3 Å². The van der Waals surface area contributed by atoms with Crippen LogP contribution in [0.15, 0.2) is 54.6 Å². The number of nitriles is 1. The van der Waals surface area contributed by atoms with Crippen LogP contribution in [-0.4, -0.2) is 23.9 Å². The summed E-state index contributed by atoms with van der Waals surface area (Å²) in [7, 11) is 0. The smallest absolute Gasteiger partial charge is 0.309 e. The van der Waals surface area contributed by atoms with Gasteiger partial charge >= 0.3 is 5.97 Å². The van der Waals surface area contributed by atoms with E-state index in [0.29, 0.717) is 11.3 Å². The average molecular weight is 379 g/mol. The number of hydrogen-bond acceptors (Lipinski definition) is 5. The van der Waals surface area contributed by atoms with E-state index in [9.17, 15) is 14.4 Å². The Balaban J connectivity index is 1.94. The highest BCUT2D eigenvalue weighted by Gasteiger charge is 2.22. The van der Waals surface area contributed by atoms with Crippen LogP contribution in [-0.2, 0) is 19.1 Å². The Labute approximate surface area is 163 Å². The zero-order chi connectivity index (χ0) is 20.5.